The Bertz CT molecular complexity index is 1060. The number of H-pyrrole nitrogens is 1. The lowest BCUT2D eigenvalue weighted by Crippen LogP contribution is -2.46. The second-order valence-electron chi connectivity index (χ2n) is 8.20. The monoisotopic (exact) mass is 443 g/mol. The van der Waals surface area contributed by atoms with Gasteiger partial charge in [-0.15, -0.1) is 0 Å². The van der Waals surface area contributed by atoms with Crippen molar-refractivity contribution >= 4 is 17.4 Å². The quantitative estimate of drug-likeness (QED) is 0.607. The van der Waals surface area contributed by atoms with Crippen LogP contribution >= 0.6 is 0 Å². The summed E-state index contributed by atoms with van der Waals surface area (Å²) in [7, 11) is 3.45. The number of carbonyl (C=O) groups is 1. The number of nitrogens with zero attached hydrogens (tertiary/aromatic N) is 3. The van der Waals surface area contributed by atoms with Gasteiger partial charge < -0.3 is 15.4 Å². The lowest BCUT2D eigenvalue weighted by atomic mass is 9.87. The van der Waals surface area contributed by atoms with Crippen LogP contribution in [0.4, 0.5) is 11.5 Å². The van der Waals surface area contributed by atoms with Gasteiger partial charge in [-0.2, -0.15) is 0 Å². The number of hydrogen-bond acceptors (Lipinski definition) is 6. The van der Waals surface area contributed by atoms with Gasteiger partial charge in [0, 0.05) is 26.2 Å². The zero-order valence-electron chi connectivity index (χ0n) is 19.1. The third-order valence-corrected chi connectivity index (χ3v) is 6.01. The number of nitrogen functional groups attached to an aromatic ring is 1. The minimum atomic E-state index is -0.671. The molecule has 1 unspecified atom stereocenters. The van der Waals surface area contributed by atoms with Crippen LogP contribution in [-0.4, -0.2) is 54.2 Å². The zero-order valence-corrected chi connectivity index (χ0v) is 19.1. The third kappa shape index (κ3) is 4.94. The first kappa shape index (κ1) is 23.7. The van der Waals surface area contributed by atoms with Crippen LogP contribution in [0, 0.1) is 0 Å². The summed E-state index contributed by atoms with van der Waals surface area (Å²) in [5, 5.41) is 0. The highest BCUT2D eigenvalue weighted by Crippen LogP contribution is 2.33. The first-order valence-electron chi connectivity index (χ1n) is 11.1. The molecule has 0 aliphatic heterocycles. The van der Waals surface area contributed by atoms with Crippen molar-refractivity contribution in [2.24, 2.45) is 0 Å². The fourth-order valence-corrected chi connectivity index (χ4v) is 4.42. The van der Waals surface area contributed by atoms with Gasteiger partial charge >= 0.3 is 5.69 Å². The van der Waals surface area contributed by atoms with E-state index in [-0.39, 0.29) is 43.2 Å². The van der Waals surface area contributed by atoms with Gasteiger partial charge in [-0.1, -0.05) is 31.2 Å². The van der Waals surface area contributed by atoms with Crippen LogP contribution in [0.1, 0.15) is 43.4 Å². The molecule has 0 radical (unpaired) electrons. The molecule has 0 bridgehead atoms. The summed E-state index contributed by atoms with van der Waals surface area (Å²) in [6.07, 6.45) is 3.72. The Morgan fingerprint density at radius 2 is 2.06 bits per heavy atom. The van der Waals surface area contributed by atoms with E-state index in [0.29, 0.717) is 13.0 Å². The van der Waals surface area contributed by atoms with Crippen LogP contribution in [0.25, 0.3) is 0 Å². The highest BCUT2D eigenvalue weighted by Gasteiger charge is 2.29. The van der Waals surface area contributed by atoms with E-state index in [1.807, 2.05) is 31.0 Å². The van der Waals surface area contributed by atoms with Gasteiger partial charge in [0.25, 0.3) is 5.56 Å². The highest BCUT2D eigenvalue weighted by atomic mass is 16.5. The molecule has 0 saturated heterocycles. The Labute approximate surface area is 187 Å². The number of amides is 1. The van der Waals surface area contributed by atoms with E-state index in [1.54, 1.807) is 0 Å². The van der Waals surface area contributed by atoms with Crippen molar-refractivity contribution < 1.29 is 9.53 Å². The molecule has 0 spiro atoms. The first-order chi connectivity index (χ1) is 15.4. The van der Waals surface area contributed by atoms with Gasteiger partial charge in [0.1, 0.15) is 5.82 Å². The predicted octanol–water partition coefficient (Wildman–Crippen LogP) is 1.52. The number of aryl methyl sites for hydroxylation is 1. The maximum Gasteiger partial charge on any atom is 0.330 e. The number of benzene rings is 1. The third-order valence-electron chi connectivity index (χ3n) is 6.01. The molecular formula is C23H33N5O4. The number of fused-ring (bicyclic) bond motifs is 1. The van der Waals surface area contributed by atoms with Crippen molar-refractivity contribution in [3.63, 3.8) is 0 Å². The molecule has 0 fully saturated rings. The minimum Gasteiger partial charge on any atom is -0.383 e. The molecule has 1 atom stereocenters. The molecule has 1 aliphatic rings. The van der Waals surface area contributed by atoms with Crippen molar-refractivity contribution in [3.05, 3.63) is 56.2 Å². The van der Waals surface area contributed by atoms with Crippen LogP contribution in [0.2, 0.25) is 0 Å². The number of hydrogen-bond donors (Lipinski definition) is 2. The van der Waals surface area contributed by atoms with E-state index in [2.05, 4.69) is 17.1 Å². The number of likely N-dealkylation sites (N-methyl/N-ethyl adjacent to an activating group) is 1. The average Bonchev–Trinajstić information content (AvgIpc) is 2.78. The number of anilines is 2. The number of aromatic amines is 1. The number of ether oxygens (including phenoxy) is 1. The molecule has 3 N–H and O–H groups in total. The molecule has 9 heteroatoms. The smallest absolute Gasteiger partial charge is 0.330 e. The van der Waals surface area contributed by atoms with E-state index < -0.39 is 11.2 Å². The van der Waals surface area contributed by atoms with Crippen LogP contribution in [0.3, 0.4) is 0 Å². The van der Waals surface area contributed by atoms with E-state index in [9.17, 15) is 14.4 Å². The number of methoxy groups -OCH3 is 1. The average molecular weight is 444 g/mol. The molecule has 1 heterocycles. The molecule has 174 valence electrons. The molecular weight excluding hydrogens is 410 g/mol. The number of rotatable bonds is 9. The second kappa shape index (κ2) is 10.6. The lowest BCUT2D eigenvalue weighted by Gasteiger charge is -2.34. The van der Waals surface area contributed by atoms with E-state index in [0.717, 1.165) is 19.3 Å². The number of carbonyl (C=O) groups excluding carboxylic acids is 1. The number of nitrogens with two attached hydrogens (primary N) is 1. The molecule has 3 rings (SSSR count). The van der Waals surface area contributed by atoms with Gasteiger partial charge in [0.15, 0.2) is 5.69 Å². The summed E-state index contributed by atoms with van der Waals surface area (Å²) in [5.41, 5.74) is 7.52. The SMILES string of the molecule is CCCn1c(N)c(N(CCOC)C(=O)CN(C)C2CCCc3ccccc32)c(=O)[nH]c1=O. The zero-order chi connectivity index (χ0) is 23.3. The Hall–Kier alpha value is -2.91. The number of aromatic nitrogens is 2. The fourth-order valence-electron chi connectivity index (χ4n) is 4.42. The van der Waals surface area contributed by atoms with Crippen LogP contribution < -0.4 is 21.9 Å². The van der Waals surface area contributed by atoms with Gasteiger partial charge in [0.2, 0.25) is 5.91 Å². The molecule has 1 aromatic carbocycles. The van der Waals surface area contributed by atoms with Gasteiger partial charge in [-0.05, 0) is 43.9 Å². The lowest BCUT2D eigenvalue weighted by molar-refractivity contribution is -0.120. The molecule has 1 aromatic heterocycles. The largest absolute Gasteiger partial charge is 0.383 e. The first-order valence-corrected chi connectivity index (χ1v) is 11.1. The molecule has 0 saturated carbocycles. The van der Waals surface area contributed by atoms with E-state index in [1.165, 1.54) is 27.7 Å². The summed E-state index contributed by atoms with van der Waals surface area (Å²) in [6.45, 7) is 2.74. The van der Waals surface area contributed by atoms with E-state index in [4.69, 9.17) is 10.5 Å². The number of nitrogens with one attached hydrogen (secondary N) is 1. The summed E-state index contributed by atoms with van der Waals surface area (Å²) >= 11 is 0. The molecule has 9 nitrogen and oxygen atoms in total. The highest BCUT2D eigenvalue weighted by molar-refractivity contribution is 5.96. The van der Waals surface area contributed by atoms with Crippen molar-refractivity contribution in [3.8, 4) is 0 Å². The Morgan fingerprint density at radius 3 is 2.78 bits per heavy atom. The Balaban J connectivity index is 1.91. The van der Waals surface area contributed by atoms with Gasteiger partial charge in [0.05, 0.1) is 13.2 Å². The van der Waals surface area contributed by atoms with Gasteiger partial charge in [-0.25, -0.2) is 4.79 Å². The fraction of sp³-hybridized carbons (Fsp3) is 0.522. The molecule has 32 heavy (non-hydrogen) atoms. The Kier molecular flexibility index (Phi) is 7.87. The molecule has 2 aromatic rings. The maximum absolute atomic E-state index is 13.4. The van der Waals surface area contributed by atoms with E-state index >= 15 is 0 Å². The van der Waals surface area contributed by atoms with Crippen molar-refractivity contribution in [1.82, 2.24) is 14.5 Å². The van der Waals surface area contributed by atoms with Crippen LogP contribution in [0.5, 0.6) is 0 Å². The normalized spacial score (nSPS) is 15.6. The topological polar surface area (TPSA) is 114 Å². The van der Waals surface area contributed by atoms with Gasteiger partial charge in [-0.3, -0.25) is 24.0 Å². The van der Waals surface area contributed by atoms with Crippen LogP contribution in [0.15, 0.2) is 33.9 Å². The summed E-state index contributed by atoms with van der Waals surface area (Å²) in [5.74, 6) is -0.276. The molecule has 1 aliphatic carbocycles. The maximum atomic E-state index is 13.4. The van der Waals surface area contributed by atoms with Crippen LogP contribution in [-0.2, 0) is 22.5 Å². The second-order valence-corrected chi connectivity index (χ2v) is 8.20. The standard InChI is InChI=1S/C23H33N5O4/c1-4-12-28-21(24)20(22(30)25-23(28)31)27(13-14-32-3)19(29)15-26(2)18-11-7-9-16-8-5-6-10-17(16)18/h5-6,8,10,18H,4,7,9,11-15,24H2,1-3H3,(H,25,30,31). The predicted molar refractivity (Wildman–Crippen MR) is 125 cm³/mol. The van der Waals surface area contributed by atoms with Crippen molar-refractivity contribution in [2.45, 2.75) is 45.2 Å². The van der Waals surface area contributed by atoms with Crippen molar-refractivity contribution in [2.75, 3.05) is 44.5 Å². The van der Waals surface area contributed by atoms with Crippen molar-refractivity contribution in [1.29, 1.82) is 0 Å². The summed E-state index contributed by atoms with van der Waals surface area (Å²) in [6, 6.07) is 8.44. The minimum absolute atomic E-state index is 0.00227. The summed E-state index contributed by atoms with van der Waals surface area (Å²) < 4.78 is 6.46. The summed E-state index contributed by atoms with van der Waals surface area (Å²) in [4.78, 5) is 43.9. The molecule has 1 amide bonds. The Morgan fingerprint density at radius 1 is 1.31 bits per heavy atom.